The van der Waals surface area contributed by atoms with Crippen molar-refractivity contribution in [2.24, 2.45) is 0 Å². The third kappa shape index (κ3) is 17.5. The molecule has 0 aliphatic carbocycles. The second-order valence-electron chi connectivity index (χ2n) is 3.44. The van der Waals surface area contributed by atoms with Gasteiger partial charge in [0.25, 0.3) is 0 Å². The van der Waals surface area contributed by atoms with Crippen LogP contribution in [0.1, 0.15) is 39.5 Å². The molecule has 0 saturated carbocycles. The van der Waals surface area contributed by atoms with Crippen LogP contribution >= 0.6 is 0 Å². The van der Waals surface area contributed by atoms with E-state index in [0.29, 0.717) is 11.5 Å². The third-order valence-corrected chi connectivity index (χ3v) is 3.64. The van der Waals surface area contributed by atoms with Crippen LogP contribution in [0.5, 0.6) is 0 Å². The van der Waals surface area contributed by atoms with E-state index in [2.05, 4.69) is 0 Å². The predicted octanol–water partition coefficient (Wildman–Crippen LogP) is 1.16. The van der Waals surface area contributed by atoms with Gasteiger partial charge in [0.15, 0.2) is 0 Å². The molecule has 0 fully saturated rings. The first-order valence-electron chi connectivity index (χ1n) is 5.39. The normalized spacial score (nSPS) is 10.2. The Hall–Kier alpha value is -1.11. The number of sulfone groups is 1. The number of hydrogen-bond donors (Lipinski definition) is 2. The molecule has 0 unspecified atom stereocenters. The third-order valence-electron chi connectivity index (χ3n) is 1.58. The number of hydrogen-bond acceptors (Lipinski definition) is 4. The Morgan fingerprint density at radius 3 is 1.35 bits per heavy atom. The maximum Gasteiger partial charge on any atom is 0.303 e. The van der Waals surface area contributed by atoms with Crippen LogP contribution in [0.4, 0.5) is 0 Å². The van der Waals surface area contributed by atoms with Crippen LogP contribution in [0.25, 0.3) is 0 Å². The van der Waals surface area contributed by atoms with Crippen LogP contribution < -0.4 is 0 Å². The molecule has 0 aromatic rings. The van der Waals surface area contributed by atoms with Gasteiger partial charge in [-0.05, 0) is 12.8 Å². The average Bonchev–Trinajstić information content (AvgIpc) is 2.15. The summed E-state index contributed by atoms with van der Waals surface area (Å²) in [6.07, 6.45) is 0.884. The Bertz CT molecular complexity index is 294. The molecule has 6 nitrogen and oxygen atoms in total. The highest BCUT2D eigenvalue weighted by Crippen LogP contribution is 1.94. The summed E-state index contributed by atoms with van der Waals surface area (Å²) in [5, 5.41) is 15.8. The molecule has 17 heavy (non-hydrogen) atoms. The van der Waals surface area contributed by atoms with Gasteiger partial charge in [-0.1, -0.05) is 13.8 Å². The molecule has 0 aromatic carbocycles. The fourth-order valence-corrected chi connectivity index (χ4v) is 2.39. The minimum atomic E-state index is -2.68. The SMILES string of the molecule is CCCS(=O)(=O)CCC.O=C(O)CCC(=O)O. The van der Waals surface area contributed by atoms with Crippen molar-refractivity contribution in [3.05, 3.63) is 0 Å². The van der Waals surface area contributed by atoms with Crippen LogP contribution in [-0.4, -0.2) is 42.1 Å². The smallest absolute Gasteiger partial charge is 0.303 e. The Morgan fingerprint density at radius 2 is 1.18 bits per heavy atom. The Kier molecular flexibility index (Phi) is 10.8. The van der Waals surface area contributed by atoms with Gasteiger partial charge < -0.3 is 10.2 Å². The predicted molar refractivity (Wildman–Crippen MR) is 63.7 cm³/mol. The molecule has 0 aromatic heterocycles. The Morgan fingerprint density at radius 1 is 0.882 bits per heavy atom. The number of carboxylic acid groups (broad SMARTS) is 2. The summed E-state index contributed by atoms with van der Waals surface area (Å²) in [5.74, 6) is -1.46. The van der Waals surface area contributed by atoms with Crippen molar-refractivity contribution in [3.63, 3.8) is 0 Å². The van der Waals surface area contributed by atoms with Gasteiger partial charge in [-0.25, -0.2) is 8.42 Å². The molecular formula is C10H20O6S. The summed E-state index contributed by atoms with van der Waals surface area (Å²) >= 11 is 0. The monoisotopic (exact) mass is 268 g/mol. The van der Waals surface area contributed by atoms with E-state index in [1.165, 1.54) is 0 Å². The van der Waals surface area contributed by atoms with Gasteiger partial charge in [0.1, 0.15) is 9.84 Å². The number of rotatable bonds is 7. The van der Waals surface area contributed by atoms with Crippen LogP contribution in [0, 0.1) is 0 Å². The standard InChI is InChI=1S/C6H14O2S.C4H6O4/c1-3-5-9(7,8)6-4-2;5-3(6)1-2-4(7)8/h3-6H2,1-2H3;1-2H2,(H,5,6)(H,7,8). The van der Waals surface area contributed by atoms with E-state index < -0.39 is 21.8 Å². The average molecular weight is 268 g/mol. The first kappa shape index (κ1) is 18.3. The minimum absolute atomic E-state index is 0.296. The van der Waals surface area contributed by atoms with Crippen molar-refractivity contribution in [1.82, 2.24) is 0 Å². The number of carboxylic acids is 2. The van der Waals surface area contributed by atoms with E-state index in [4.69, 9.17) is 10.2 Å². The van der Waals surface area contributed by atoms with E-state index in [1.54, 1.807) is 0 Å². The lowest BCUT2D eigenvalue weighted by Gasteiger charge is -1.96. The molecule has 0 radical (unpaired) electrons. The van der Waals surface area contributed by atoms with Crippen LogP contribution in [0.15, 0.2) is 0 Å². The zero-order chi connectivity index (χ0) is 13.9. The Labute approximate surface area is 102 Å². The molecule has 2 N–H and O–H groups in total. The van der Waals surface area contributed by atoms with Crippen LogP contribution in [0.3, 0.4) is 0 Å². The Balaban J connectivity index is 0. The first-order valence-corrected chi connectivity index (χ1v) is 7.21. The first-order chi connectivity index (χ1) is 7.75. The van der Waals surface area contributed by atoms with Crippen molar-refractivity contribution in [2.45, 2.75) is 39.5 Å². The molecule has 0 bridgehead atoms. The molecule has 0 spiro atoms. The van der Waals surface area contributed by atoms with Gasteiger partial charge in [0.05, 0.1) is 12.8 Å². The van der Waals surface area contributed by atoms with E-state index >= 15 is 0 Å². The number of carbonyl (C=O) groups is 2. The highest BCUT2D eigenvalue weighted by Gasteiger charge is 2.05. The largest absolute Gasteiger partial charge is 0.481 e. The van der Waals surface area contributed by atoms with Crippen LogP contribution in [0.2, 0.25) is 0 Å². The zero-order valence-corrected chi connectivity index (χ0v) is 11.0. The molecule has 0 aliphatic rings. The zero-order valence-electron chi connectivity index (χ0n) is 10.2. The molecule has 0 rings (SSSR count). The molecule has 0 aliphatic heterocycles. The molecule has 0 amide bonds. The van der Waals surface area contributed by atoms with E-state index in [9.17, 15) is 18.0 Å². The lowest BCUT2D eigenvalue weighted by molar-refractivity contribution is -0.143. The van der Waals surface area contributed by atoms with Crippen molar-refractivity contribution < 1.29 is 28.2 Å². The molecule has 7 heteroatoms. The molecule has 0 saturated heterocycles. The summed E-state index contributed by atoms with van der Waals surface area (Å²) in [4.78, 5) is 19.3. The van der Waals surface area contributed by atoms with Gasteiger partial charge >= 0.3 is 11.9 Å². The summed E-state index contributed by atoms with van der Waals surface area (Å²) in [6.45, 7) is 3.76. The fourth-order valence-electron chi connectivity index (χ4n) is 0.938. The molecular weight excluding hydrogens is 248 g/mol. The van der Waals surface area contributed by atoms with Crippen molar-refractivity contribution in [3.8, 4) is 0 Å². The second-order valence-corrected chi connectivity index (χ2v) is 5.74. The molecule has 0 heterocycles. The summed E-state index contributed by atoms with van der Waals surface area (Å²) in [6, 6.07) is 0. The van der Waals surface area contributed by atoms with Gasteiger partial charge in [-0.2, -0.15) is 0 Å². The highest BCUT2D eigenvalue weighted by atomic mass is 32.2. The van der Waals surface area contributed by atoms with Crippen molar-refractivity contribution in [2.75, 3.05) is 11.5 Å². The fraction of sp³-hybridized carbons (Fsp3) is 0.800. The lowest BCUT2D eigenvalue weighted by Crippen LogP contribution is -2.08. The van der Waals surface area contributed by atoms with Crippen molar-refractivity contribution >= 4 is 21.8 Å². The molecule has 102 valence electrons. The summed E-state index contributed by atoms with van der Waals surface area (Å²) in [7, 11) is -2.68. The van der Waals surface area contributed by atoms with Crippen LogP contribution in [-0.2, 0) is 19.4 Å². The van der Waals surface area contributed by atoms with Gasteiger partial charge in [-0.3, -0.25) is 9.59 Å². The van der Waals surface area contributed by atoms with Crippen molar-refractivity contribution in [1.29, 1.82) is 0 Å². The maximum absolute atomic E-state index is 10.8. The molecule has 0 atom stereocenters. The highest BCUT2D eigenvalue weighted by molar-refractivity contribution is 7.91. The maximum atomic E-state index is 10.8. The summed E-state index contributed by atoms with van der Waals surface area (Å²) in [5.41, 5.74) is 0. The minimum Gasteiger partial charge on any atom is -0.481 e. The topological polar surface area (TPSA) is 109 Å². The number of aliphatic carboxylic acids is 2. The quantitative estimate of drug-likeness (QED) is 0.717. The summed E-state index contributed by atoms with van der Waals surface area (Å²) < 4.78 is 21.7. The van der Waals surface area contributed by atoms with Gasteiger partial charge in [0, 0.05) is 11.5 Å². The second kappa shape index (κ2) is 10.1. The van der Waals surface area contributed by atoms with E-state index in [1.807, 2.05) is 13.8 Å². The van der Waals surface area contributed by atoms with Gasteiger partial charge in [-0.15, -0.1) is 0 Å². The van der Waals surface area contributed by atoms with E-state index in [0.717, 1.165) is 12.8 Å². The lowest BCUT2D eigenvalue weighted by atomic mass is 10.3. The van der Waals surface area contributed by atoms with Gasteiger partial charge in [0.2, 0.25) is 0 Å². The van der Waals surface area contributed by atoms with E-state index in [-0.39, 0.29) is 12.8 Å².